The van der Waals surface area contributed by atoms with Crippen LogP contribution in [0.2, 0.25) is 5.02 Å². The number of rotatable bonds is 4. The van der Waals surface area contributed by atoms with Crippen LogP contribution in [0, 0.1) is 6.92 Å². The molecule has 1 aromatic carbocycles. The lowest BCUT2D eigenvalue weighted by Crippen LogP contribution is -2.32. The molecule has 0 heterocycles. The third-order valence-corrected chi connectivity index (χ3v) is 3.38. The van der Waals surface area contributed by atoms with Crippen molar-refractivity contribution >= 4 is 45.2 Å². The fourth-order valence-electron chi connectivity index (χ4n) is 1.74. The summed E-state index contributed by atoms with van der Waals surface area (Å²) in [7, 11) is 0. The van der Waals surface area contributed by atoms with Crippen LogP contribution in [0.15, 0.2) is 12.1 Å². The predicted molar refractivity (Wildman–Crippen MR) is 91.7 cm³/mol. The van der Waals surface area contributed by atoms with Gasteiger partial charge in [0.25, 0.3) is 0 Å². The number of hydrogen-bond acceptors (Lipinski definition) is 3. The van der Waals surface area contributed by atoms with Gasteiger partial charge in [0.15, 0.2) is 0 Å². The number of halogens is 2. The number of alkyl halides is 1. The van der Waals surface area contributed by atoms with Crippen LogP contribution < -0.4 is 10.6 Å². The van der Waals surface area contributed by atoms with Gasteiger partial charge in [0.2, 0.25) is 5.91 Å². The molecule has 2 N–H and O–H groups in total. The molecule has 0 atom stereocenters. The zero-order valence-corrected chi connectivity index (χ0v) is 15.4. The lowest BCUT2D eigenvalue weighted by atomic mass is 10.1. The van der Waals surface area contributed by atoms with Gasteiger partial charge < -0.3 is 15.4 Å². The first-order chi connectivity index (χ1) is 10.1. The van der Waals surface area contributed by atoms with E-state index in [1.54, 1.807) is 26.8 Å². The first kappa shape index (κ1) is 18.8. The van der Waals surface area contributed by atoms with Crippen molar-refractivity contribution in [2.24, 2.45) is 0 Å². The topological polar surface area (TPSA) is 67.4 Å². The van der Waals surface area contributed by atoms with Gasteiger partial charge in [-0.25, -0.2) is 4.79 Å². The highest BCUT2D eigenvalue weighted by atomic mass is 79.9. The number of aryl methyl sites for hydroxylation is 1. The molecule has 7 heteroatoms. The predicted octanol–water partition coefficient (Wildman–Crippen LogP) is 4.01. The van der Waals surface area contributed by atoms with E-state index in [1.807, 2.05) is 13.0 Å². The van der Waals surface area contributed by atoms with Crippen LogP contribution in [0.3, 0.4) is 0 Å². The van der Waals surface area contributed by atoms with E-state index in [2.05, 4.69) is 26.6 Å². The molecule has 0 radical (unpaired) electrons. The van der Waals surface area contributed by atoms with Crippen molar-refractivity contribution in [3.63, 3.8) is 0 Å². The van der Waals surface area contributed by atoms with Crippen molar-refractivity contribution in [2.75, 3.05) is 10.6 Å². The van der Waals surface area contributed by atoms with Gasteiger partial charge in [-0.1, -0.05) is 33.6 Å². The number of amides is 2. The molecule has 1 rings (SSSR count). The molecule has 0 bridgehead atoms. The first-order valence-corrected chi connectivity index (χ1v) is 8.24. The van der Waals surface area contributed by atoms with Crippen LogP contribution in [-0.4, -0.2) is 22.9 Å². The molecule has 0 aliphatic heterocycles. The van der Waals surface area contributed by atoms with Gasteiger partial charge in [-0.15, -0.1) is 0 Å². The maximum Gasteiger partial charge on any atom is 0.407 e. The summed E-state index contributed by atoms with van der Waals surface area (Å²) in [5.74, 6) is -0.176. The van der Waals surface area contributed by atoms with E-state index in [4.69, 9.17) is 16.3 Å². The second-order valence-electron chi connectivity index (χ2n) is 5.81. The fourth-order valence-corrected chi connectivity index (χ4v) is 2.21. The van der Waals surface area contributed by atoms with Gasteiger partial charge in [0.1, 0.15) is 5.60 Å². The van der Waals surface area contributed by atoms with Crippen LogP contribution in [0.25, 0.3) is 0 Å². The Morgan fingerprint density at radius 2 is 1.95 bits per heavy atom. The molecule has 0 unspecified atom stereocenters. The second-order valence-corrected chi connectivity index (χ2v) is 6.77. The Balaban J connectivity index is 2.74. The smallest absolute Gasteiger partial charge is 0.407 e. The summed E-state index contributed by atoms with van der Waals surface area (Å²) in [4.78, 5) is 23.1. The quantitative estimate of drug-likeness (QED) is 0.762. The standard InChI is InChI=1S/C15H20BrClN2O3/c1-9-5-10(8-18-14(21)22-15(2,3)4)6-11(17)13(9)19-12(20)7-16/h5-6H,7-8H2,1-4H3,(H,18,21)(H,19,20). The minimum atomic E-state index is -0.540. The van der Waals surface area contributed by atoms with Crippen LogP contribution in [0.1, 0.15) is 31.9 Å². The Labute approximate surface area is 143 Å². The normalized spacial score (nSPS) is 11.0. The average molecular weight is 392 g/mol. The van der Waals surface area contributed by atoms with Crippen molar-refractivity contribution in [1.82, 2.24) is 5.32 Å². The van der Waals surface area contributed by atoms with Gasteiger partial charge in [0, 0.05) is 6.54 Å². The highest BCUT2D eigenvalue weighted by Gasteiger charge is 2.16. The van der Waals surface area contributed by atoms with Crippen molar-refractivity contribution < 1.29 is 14.3 Å². The summed E-state index contributed by atoms with van der Waals surface area (Å²) in [6, 6.07) is 3.56. The van der Waals surface area contributed by atoms with Crippen LogP contribution >= 0.6 is 27.5 Å². The number of nitrogens with one attached hydrogen (secondary N) is 2. The number of alkyl carbamates (subject to hydrolysis) is 1. The van der Waals surface area contributed by atoms with E-state index in [0.29, 0.717) is 17.3 Å². The average Bonchev–Trinajstić information content (AvgIpc) is 2.38. The van der Waals surface area contributed by atoms with Gasteiger partial charge >= 0.3 is 6.09 Å². The van der Waals surface area contributed by atoms with Crippen molar-refractivity contribution in [3.8, 4) is 0 Å². The number of carbonyl (C=O) groups is 2. The van der Waals surface area contributed by atoms with E-state index in [1.165, 1.54) is 0 Å². The minimum absolute atomic E-state index is 0.176. The van der Waals surface area contributed by atoms with Crippen LogP contribution in [0.4, 0.5) is 10.5 Å². The fraction of sp³-hybridized carbons (Fsp3) is 0.467. The molecule has 0 spiro atoms. The molecule has 1 aromatic rings. The highest BCUT2D eigenvalue weighted by Crippen LogP contribution is 2.27. The van der Waals surface area contributed by atoms with Crippen LogP contribution in [-0.2, 0) is 16.1 Å². The summed E-state index contributed by atoms with van der Waals surface area (Å²) in [6.45, 7) is 7.54. The van der Waals surface area contributed by atoms with Crippen molar-refractivity contribution in [2.45, 2.75) is 39.8 Å². The van der Waals surface area contributed by atoms with Gasteiger partial charge in [-0.05, 0) is 44.9 Å². The first-order valence-electron chi connectivity index (χ1n) is 6.74. The summed E-state index contributed by atoms with van der Waals surface area (Å²) in [5.41, 5.74) is 1.68. The van der Waals surface area contributed by atoms with E-state index >= 15 is 0 Å². The minimum Gasteiger partial charge on any atom is -0.444 e. The van der Waals surface area contributed by atoms with Gasteiger partial charge in [0.05, 0.1) is 16.0 Å². The molecule has 0 saturated heterocycles. The zero-order valence-electron chi connectivity index (χ0n) is 13.0. The molecule has 2 amide bonds. The molecule has 0 saturated carbocycles. The largest absolute Gasteiger partial charge is 0.444 e. The number of carbonyl (C=O) groups excluding carboxylic acids is 2. The van der Waals surface area contributed by atoms with Gasteiger partial charge in [-0.2, -0.15) is 0 Å². The third kappa shape index (κ3) is 6.23. The third-order valence-electron chi connectivity index (χ3n) is 2.57. The number of benzene rings is 1. The Kier molecular flexibility index (Phi) is 6.68. The molecule has 122 valence electrons. The maximum absolute atomic E-state index is 11.6. The van der Waals surface area contributed by atoms with Crippen molar-refractivity contribution in [1.29, 1.82) is 0 Å². The monoisotopic (exact) mass is 390 g/mol. The second kappa shape index (κ2) is 7.83. The Morgan fingerprint density at radius 3 is 2.45 bits per heavy atom. The summed E-state index contributed by atoms with van der Waals surface area (Å²) in [6.07, 6.45) is -0.488. The summed E-state index contributed by atoms with van der Waals surface area (Å²) in [5, 5.41) is 6.01. The molecule has 0 fully saturated rings. The Bertz CT molecular complexity index is 547. The molecule has 0 aromatic heterocycles. The van der Waals surface area contributed by atoms with E-state index in [0.717, 1.165) is 11.1 Å². The number of anilines is 1. The van der Waals surface area contributed by atoms with Crippen molar-refractivity contribution in [3.05, 3.63) is 28.3 Å². The van der Waals surface area contributed by atoms with Crippen LogP contribution in [0.5, 0.6) is 0 Å². The summed E-state index contributed by atoms with van der Waals surface area (Å²) < 4.78 is 5.17. The lowest BCUT2D eigenvalue weighted by molar-refractivity contribution is -0.113. The van der Waals surface area contributed by atoms with Gasteiger partial charge in [-0.3, -0.25) is 4.79 Å². The molecule has 5 nitrogen and oxygen atoms in total. The highest BCUT2D eigenvalue weighted by molar-refractivity contribution is 9.09. The maximum atomic E-state index is 11.6. The lowest BCUT2D eigenvalue weighted by Gasteiger charge is -2.20. The van der Waals surface area contributed by atoms with E-state index in [-0.39, 0.29) is 11.2 Å². The molecule has 0 aliphatic rings. The number of ether oxygens (including phenoxy) is 1. The molecular weight excluding hydrogens is 372 g/mol. The summed E-state index contributed by atoms with van der Waals surface area (Å²) >= 11 is 9.27. The Morgan fingerprint density at radius 1 is 1.32 bits per heavy atom. The SMILES string of the molecule is Cc1cc(CNC(=O)OC(C)(C)C)cc(Cl)c1NC(=O)CBr. The molecule has 0 aliphatic carbocycles. The number of hydrogen-bond donors (Lipinski definition) is 2. The van der Waals surface area contributed by atoms with E-state index in [9.17, 15) is 9.59 Å². The zero-order chi connectivity index (χ0) is 16.9. The molecular formula is C15H20BrClN2O3. The Hall–Kier alpha value is -1.27. The molecule has 22 heavy (non-hydrogen) atoms. The van der Waals surface area contributed by atoms with E-state index < -0.39 is 11.7 Å².